The third kappa shape index (κ3) is 3.19. The van der Waals surface area contributed by atoms with Gasteiger partial charge >= 0.3 is 0 Å². The zero-order chi connectivity index (χ0) is 13.9. The summed E-state index contributed by atoms with van der Waals surface area (Å²) in [4.78, 5) is 21.6. The van der Waals surface area contributed by atoms with Gasteiger partial charge < -0.3 is 11.1 Å². The predicted molar refractivity (Wildman–Crippen MR) is 69.3 cm³/mol. The second kappa shape index (κ2) is 5.03. The van der Waals surface area contributed by atoms with Crippen LogP contribution in [0.25, 0.3) is 0 Å². The summed E-state index contributed by atoms with van der Waals surface area (Å²) in [5.74, 6) is -0.454. The monoisotopic (exact) mass is 251 g/mol. The van der Waals surface area contributed by atoms with Crippen molar-refractivity contribution in [1.82, 2.24) is 0 Å². The number of primary amides is 1. The fourth-order valence-corrected chi connectivity index (χ4v) is 1.35. The van der Waals surface area contributed by atoms with Crippen molar-refractivity contribution in [1.29, 1.82) is 0 Å². The van der Waals surface area contributed by atoms with Crippen LogP contribution in [0.4, 0.5) is 11.4 Å². The highest BCUT2D eigenvalue weighted by atomic mass is 16.6. The molecule has 0 fully saturated rings. The largest absolute Gasteiger partial charge is 0.378 e. The Bertz CT molecular complexity index is 483. The van der Waals surface area contributed by atoms with Crippen LogP contribution in [-0.2, 0) is 4.79 Å². The third-order valence-corrected chi connectivity index (χ3v) is 2.74. The molecule has 0 spiro atoms. The molecule has 0 aliphatic rings. The molecule has 98 valence electrons. The molecular weight excluding hydrogens is 234 g/mol. The predicted octanol–water partition coefficient (Wildman–Crippen LogP) is 1.83. The number of rotatable bonds is 5. The number of anilines is 1. The average Bonchev–Trinajstić information content (AvgIpc) is 2.27. The molecule has 1 aromatic rings. The fraction of sp³-hybridized carbons (Fsp3) is 0.417. The van der Waals surface area contributed by atoms with E-state index >= 15 is 0 Å². The number of nitrogens with two attached hydrogens (primary N) is 1. The van der Waals surface area contributed by atoms with Gasteiger partial charge in [-0.2, -0.15) is 0 Å². The van der Waals surface area contributed by atoms with E-state index < -0.39 is 16.2 Å². The molecule has 0 atom stereocenters. The Labute approximate surface area is 105 Å². The molecule has 1 rings (SSSR count). The molecule has 0 heterocycles. The Morgan fingerprint density at radius 1 is 1.50 bits per heavy atom. The van der Waals surface area contributed by atoms with Gasteiger partial charge in [-0.1, -0.05) is 6.07 Å². The lowest BCUT2D eigenvalue weighted by Crippen LogP contribution is -2.37. The first-order chi connectivity index (χ1) is 8.24. The smallest absolute Gasteiger partial charge is 0.292 e. The van der Waals surface area contributed by atoms with Crippen LogP contribution in [0.3, 0.4) is 0 Å². The van der Waals surface area contributed by atoms with Crippen molar-refractivity contribution in [3.63, 3.8) is 0 Å². The van der Waals surface area contributed by atoms with Crippen molar-refractivity contribution >= 4 is 17.3 Å². The molecule has 0 aromatic heterocycles. The molecule has 0 bridgehead atoms. The lowest BCUT2D eigenvalue weighted by Gasteiger charge is -2.21. The van der Waals surface area contributed by atoms with Gasteiger partial charge in [-0.15, -0.1) is 0 Å². The van der Waals surface area contributed by atoms with E-state index in [2.05, 4.69) is 5.32 Å². The van der Waals surface area contributed by atoms with Gasteiger partial charge in [0.05, 0.1) is 10.3 Å². The summed E-state index contributed by atoms with van der Waals surface area (Å²) >= 11 is 0. The number of aryl methyl sites for hydroxylation is 1. The number of hydrogen-bond donors (Lipinski definition) is 2. The molecule has 3 N–H and O–H groups in total. The van der Waals surface area contributed by atoms with Gasteiger partial charge in [0.2, 0.25) is 5.91 Å². The van der Waals surface area contributed by atoms with E-state index in [-0.39, 0.29) is 12.2 Å². The molecule has 1 amide bonds. The van der Waals surface area contributed by atoms with Crippen molar-refractivity contribution in [2.45, 2.75) is 20.8 Å². The van der Waals surface area contributed by atoms with Gasteiger partial charge in [-0.25, -0.2) is 0 Å². The highest BCUT2D eigenvalue weighted by Crippen LogP contribution is 2.26. The maximum atomic E-state index is 11.2. The Morgan fingerprint density at radius 2 is 2.11 bits per heavy atom. The summed E-state index contributed by atoms with van der Waals surface area (Å²) < 4.78 is 0. The van der Waals surface area contributed by atoms with Crippen LogP contribution < -0.4 is 11.1 Å². The van der Waals surface area contributed by atoms with Crippen molar-refractivity contribution < 1.29 is 9.72 Å². The van der Waals surface area contributed by atoms with E-state index in [1.165, 1.54) is 6.07 Å². The van der Waals surface area contributed by atoms with Crippen molar-refractivity contribution in [2.24, 2.45) is 11.1 Å². The molecule has 0 saturated heterocycles. The van der Waals surface area contributed by atoms with Gasteiger partial charge in [-0.3, -0.25) is 14.9 Å². The van der Waals surface area contributed by atoms with E-state index in [1.54, 1.807) is 32.9 Å². The summed E-state index contributed by atoms with van der Waals surface area (Å²) in [5, 5.41) is 13.8. The molecule has 0 saturated carbocycles. The molecule has 0 radical (unpaired) electrons. The van der Waals surface area contributed by atoms with E-state index in [9.17, 15) is 14.9 Å². The van der Waals surface area contributed by atoms with E-state index in [0.717, 1.165) is 5.56 Å². The minimum Gasteiger partial charge on any atom is -0.378 e. The van der Waals surface area contributed by atoms with E-state index in [1.807, 2.05) is 0 Å². The molecule has 1 aromatic carbocycles. The van der Waals surface area contributed by atoms with Crippen LogP contribution in [0.15, 0.2) is 18.2 Å². The van der Waals surface area contributed by atoms with Crippen LogP contribution in [0.5, 0.6) is 0 Å². The normalized spacial score (nSPS) is 11.1. The third-order valence-electron chi connectivity index (χ3n) is 2.74. The van der Waals surface area contributed by atoms with Crippen molar-refractivity contribution in [3.05, 3.63) is 33.9 Å². The van der Waals surface area contributed by atoms with Gasteiger partial charge in [-0.05, 0) is 32.4 Å². The van der Waals surface area contributed by atoms with Crippen LogP contribution in [0, 0.1) is 22.5 Å². The Balaban J connectivity index is 2.92. The quantitative estimate of drug-likeness (QED) is 0.616. The number of carbonyl (C=O) groups is 1. The minimum atomic E-state index is -0.765. The fourth-order valence-electron chi connectivity index (χ4n) is 1.35. The number of nitrogens with one attached hydrogen (secondary N) is 1. The van der Waals surface area contributed by atoms with E-state index in [4.69, 9.17) is 5.73 Å². The SMILES string of the molecule is Cc1ccc(NCC(C)(C)C(N)=O)c([N+](=O)[O-])c1. The second-order valence-electron chi connectivity index (χ2n) is 4.88. The Kier molecular flexibility index (Phi) is 3.90. The number of nitrogens with zero attached hydrogens (tertiary/aromatic N) is 1. The zero-order valence-electron chi connectivity index (χ0n) is 10.7. The second-order valence-corrected chi connectivity index (χ2v) is 4.88. The van der Waals surface area contributed by atoms with Crippen molar-refractivity contribution in [3.8, 4) is 0 Å². The number of hydrogen-bond acceptors (Lipinski definition) is 4. The number of benzene rings is 1. The van der Waals surface area contributed by atoms with E-state index in [0.29, 0.717) is 5.69 Å². The summed E-state index contributed by atoms with van der Waals surface area (Å²) in [6.07, 6.45) is 0. The number of nitro benzene ring substituents is 1. The maximum Gasteiger partial charge on any atom is 0.292 e. The van der Waals surface area contributed by atoms with Crippen LogP contribution in [0.1, 0.15) is 19.4 Å². The lowest BCUT2D eigenvalue weighted by molar-refractivity contribution is -0.384. The topological polar surface area (TPSA) is 98.3 Å². The van der Waals surface area contributed by atoms with Gasteiger partial charge in [0.25, 0.3) is 5.69 Å². The molecule has 6 nitrogen and oxygen atoms in total. The summed E-state index contributed by atoms with van der Waals surface area (Å²) in [6, 6.07) is 4.89. The molecule has 6 heteroatoms. The Hall–Kier alpha value is -2.11. The van der Waals surface area contributed by atoms with Crippen LogP contribution in [-0.4, -0.2) is 17.4 Å². The van der Waals surface area contributed by atoms with Crippen molar-refractivity contribution in [2.75, 3.05) is 11.9 Å². The maximum absolute atomic E-state index is 11.2. The standard InChI is InChI=1S/C12H17N3O3/c1-8-4-5-9(10(6-8)15(17)18)14-7-12(2,3)11(13)16/h4-6,14H,7H2,1-3H3,(H2,13,16). The van der Waals surface area contributed by atoms with Gasteiger partial charge in [0.1, 0.15) is 5.69 Å². The Morgan fingerprint density at radius 3 is 2.61 bits per heavy atom. The first-order valence-corrected chi connectivity index (χ1v) is 5.53. The highest BCUT2D eigenvalue weighted by Gasteiger charge is 2.25. The average molecular weight is 251 g/mol. The molecule has 0 aliphatic carbocycles. The summed E-state index contributed by atoms with van der Waals surface area (Å²) in [5.41, 5.74) is 5.67. The number of nitro groups is 1. The summed E-state index contributed by atoms with van der Waals surface area (Å²) in [6.45, 7) is 5.39. The molecule has 0 aliphatic heterocycles. The molecule has 18 heavy (non-hydrogen) atoms. The van der Waals surface area contributed by atoms with Gasteiger partial charge in [0, 0.05) is 12.6 Å². The lowest BCUT2D eigenvalue weighted by atomic mass is 9.92. The first kappa shape index (κ1) is 14.0. The molecule has 0 unspecified atom stereocenters. The van der Waals surface area contributed by atoms with Gasteiger partial charge in [0.15, 0.2) is 0 Å². The van der Waals surface area contributed by atoms with Crippen LogP contribution in [0.2, 0.25) is 0 Å². The highest BCUT2D eigenvalue weighted by molar-refractivity contribution is 5.80. The zero-order valence-corrected chi connectivity index (χ0v) is 10.7. The van der Waals surface area contributed by atoms with Crippen LogP contribution >= 0.6 is 0 Å². The minimum absolute atomic E-state index is 0.00438. The summed E-state index contributed by atoms with van der Waals surface area (Å²) in [7, 11) is 0. The first-order valence-electron chi connectivity index (χ1n) is 5.53. The number of carbonyl (C=O) groups excluding carboxylic acids is 1. The number of amides is 1. The molecular formula is C12H17N3O3.